The summed E-state index contributed by atoms with van der Waals surface area (Å²) in [6.45, 7) is 2.07. The minimum atomic E-state index is -3.44. The third-order valence-electron chi connectivity index (χ3n) is 3.85. The molecule has 0 aliphatic carbocycles. The van der Waals surface area contributed by atoms with Crippen LogP contribution in [0.2, 0.25) is 5.02 Å². The number of rotatable bonds is 7. The van der Waals surface area contributed by atoms with Gasteiger partial charge in [-0.05, 0) is 30.2 Å². The van der Waals surface area contributed by atoms with Gasteiger partial charge in [0.1, 0.15) is 0 Å². The molecule has 3 aromatic rings. The molecule has 26 heavy (non-hydrogen) atoms. The van der Waals surface area contributed by atoms with Crippen LogP contribution in [-0.2, 0) is 22.2 Å². The SMILES string of the molecule is Cc1ccccc1CS(=O)(=O)NCCc1nc(-c2ccccc2Cl)no1. The quantitative estimate of drug-likeness (QED) is 0.667. The summed E-state index contributed by atoms with van der Waals surface area (Å²) in [5, 5.41) is 4.42. The molecule has 0 unspecified atom stereocenters. The second-order valence-corrected chi connectivity index (χ2v) is 8.04. The summed E-state index contributed by atoms with van der Waals surface area (Å²) in [6.07, 6.45) is 0.296. The second-order valence-electron chi connectivity index (χ2n) is 5.82. The van der Waals surface area contributed by atoms with Crippen LogP contribution in [0.25, 0.3) is 11.4 Å². The maximum absolute atomic E-state index is 12.2. The van der Waals surface area contributed by atoms with E-state index in [4.69, 9.17) is 16.1 Å². The molecule has 0 saturated carbocycles. The largest absolute Gasteiger partial charge is 0.339 e. The summed E-state index contributed by atoms with van der Waals surface area (Å²) in [5.74, 6) is 0.667. The Balaban J connectivity index is 1.58. The first kappa shape index (κ1) is 18.6. The molecule has 1 N–H and O–H groups in total. The number of benzene rings is 2. The van der Waals surface area contributed by atoms with Crippen LogP contribution in [0.1, 0.15) is 17.0 Å². The van der Waals surface area contributed by atoms with Gasteiger partial charge < -0.3 is 4.52 Å². The van der Waals surface area contributed by atoms with Crippen molar-refractivity contribution in [2.75, 3.05) is 6.54 Å². The van der Waals surface area contributed by atoms with Crippen LogP contribution in [0.15, 0.2) is 53.1 Å². The third-order valence-corrected chi connectivity index (χ3v) is 5.52. The van der Waals surface area contributed by atoms with E-state index in [-0.39, 0.29) is 12.3 Å². The van der Waals surface area contributed by atoms with Crippen molar-refractivity contribution in [2.45, 2.75) is 19.1 Å². The lowest BCUT2D eigenvalue weighted by Crippen LogP contribution is -2.27. The Kier molecular flexibility index (Phi) is 5.70. The first-order valence-electron chi connectivity index (χ1n) is 8.04. The molecule has 0 saturated heterocycles. The second kappa shape index (κ2) is 7.99. The van der Waals surface area contributed by atoms with E-state index in [1.54, 1.807) is 12.1 Å². The van der Waals surface area contributed by atoms with Gasteiger partial charge in [0.15, 0.2) is 0 Å². The molecule has 8 heteroatoms. The predicted octanol–water partition coefficient (Wildman–Crippen LogP) is 3.36. The molecule has 1 heterocycles. The van der Waals surface area contributed by atoms with Gasteiger partial charge >= 0.3 is 0 Å². The number of aromatic nitrogens is 2. The molecule has 136 valence electrons. The maximum Gasteiger partial charge on any atom is 0.228 e. The summed E-state index contributed by atoms with van der Waals surface area (Å²) in [7, 11) is -3.44. The lowest BCUT2D eigenvalue weighted by atomic mass is 10.1. The molecule has 0 radical (unpaired) electrons. The third kappa shape index (κ3) is 4.69. The Bertz CT molecular complexity index is 1000. The summed E-state index contributed by atoms with van der Waals surface area (Å²) >= 11 is 6.11. The van der Waals surface area contributed by atoms with Crippen molar-refractivity contribution in [3.05, 3.63) is 70.6 Å². The minimum absolute atomic E-state index is 0.0611. The van der Waals surface area contributed by atoms with Gasteiger partial charge in [0, 0.05) is 18.5 Å². The molecular formula is C18H18ClN3O3S. The van der Waals surface area contributed by atoms with Gasteiger partial charge in [-0.2, -0.15) is 4.98 Å². The molecule has 0 aliphatic heterocycles. The number of halogens is 1. The summed E-state index contributed by atoms with van der Waals surface area (Å²) in [5.41, 5.74) is 2.39. The maximum atomic E-state index is 12.2. The van der Waals surface area contributed by atoms with Crippen molar-refractivity contribution >= 4 is 21.6 Å². The standard InChI is InChI=1S/C18H18ClN3O3S/c1-13-6-2-3-7-14(13)12-26(23,24)20-11-10-17-21-18(22-25-17)15-8-4-5-9-16(15)19/h2-9,20H,10-12H2,1H3. The van der Waals surface area contributed by atoms with Crippen molar-refractivity contribution in [1.82, 2.24) is 14.9 Å². The Morgan fingerprint density at radius 2 is 1.85 bits per heavy atom. The number of hydrogen-bond donors (Lipinski definition) is 1. The van der Waals surface area contributed by atoms with E-state index < -0.39 is 10.0 Å². The number of aryl methyl sites for hydroxylation is 1. The highest BCUT2D eigenvalue weighted by Crippen LogP contribution is 2.24. The Labute approximate surface area is 157 Å². The van der Waals surface area contributed by atoms with Crippen molar-refractivity contribution in [2.24, 2.45) is 0 Å². The Morgan fingerprint density at radius 3 is 2.62 bits per heavy atom. The monoisotopic (exact) mass is 391 g/mol. The van der Waals surface area contributed by atoms with E-state index in [2.05, 4.69) is 14.9 Å². The van der Waals surface area contributed by atoms with Gasteiger partial charge in [0.2, 0.25) is 21.7 Å². The number of nitrogens with one attached hydrogen (secondary N) is 1. The number of hydrogen-bond acceptors (Lipinski definition) is 5. The zero-order valence-corrected chi connectivity index (χ0v) is 15.7. The molecule has 0 spiro atoms. The van der Waals surface area contributed by atoms with Crippen molar-refractivity contribution in [1.29, 1.82) is 0 Å². The van der Waals surface area contributed by atoms with Crippen LogP contribution in [0.5, 0.6) is 0 Å². The molecule has 6 nitrogen and oxygen atoms in total. The molecule has 2 aromatic carbocycles. The summed E-state index contributed by atoms with van der Waals surface area (Å²) < 4.78 is 32.2. The molecule has 3 rings (SSSR count). The Hall–Kier alpha value is -2.22. The van der Waals surface area contributed by atoms with Crippen LogP contribution in [0.4, 0.5) is 0 Å². The fourth-order valence-electron chi connectivity index (χ4n) is 2.45. The van der Waals surface area contributed by atoms with Crippen LogP contribution in [0.3, 0.4) is 0 Å². The van der Waals surface area contributed by atoms with E-state index in [1.807, 2.05) is 43.3 Å². The zero-order chi connectivity index (χ0) is 18.6. The molecule has 0 amide bonds. The fraction of sp³-hybridized carbons (Fsp3) is 0.222. The van der Waals surface area contributed by atoms with Gasteiger partial charge in [-0.25, -0.2) is 13.1 Å². The molecular weight excluding hydrogens is 374 g/mol. The van der Waals surface area contributed by atoms with Crippen molar-refractivity contribution < 1.29 is 12.9 Å². The van der Waals surface area contributed by atoms with Crippen molar-refractivity contribution in [3.8, 4) is 11.4 Å². The van der Waals surface area contributed by atoms with E-state index in [0.717, 1.165) is 11.1 Å². The van der Waals surface area contributed by atoms with Crippen LogP contribution < -0.4 is 4.72 Å². The van der Waals surface area contributed by atoms with Crippen LogP contribution in [-0.4, -0.2) is 25.1 Å². The number of sulfonamides is 1. The zero-order valence-electron chi connectivity index (χ0n) is 14.1. The minimum Gasteiger partial charge on any atom is -0.339 e. The van der Waals surface area contributed by atoms with Crippen LogP contribution >= 0.6 is 11.6 Å². The first-order valence-corrected chi connectivity index (χ1v) is 10.1. The topological polar surface area (TPSA) is 85.1 Å². The molecule has 0 fully saturated rings. The van der Waals surface area contributed by atoms with Gasteiger partial charge in [-0.3, -0.25) is 0 Å². The first-order chi connectivity index (χ1) is 12.4. The average molecular weight is 392 g/mol. The van der Waals surface area contributed by atoms with E-state index in [9.17, 15) is 8.42 Å². The number of nitrogens with zero attached hydrogens (tertiary/aromatic N) is 2. The predicted molar refractivity (Wildman–Crippen MR) is 100 cm³/mol. The van der Waals surface area contributed by atoms with Gasteiger partial charge in [0.05, 0.1) is 10.8 Å². The molecule has 0 atom stereocenters. The normalized spacial score (nSPS) is 11.6. The summed E-state index contributed by atoms with van der Waals surface area (Å²) in [6, 6.07) is 14.6. The molecule has 0 bridgehead atoms. The van der Waals surface area contributed by atoms with E-state index in [1.165, 1.54) is 0 Å². The Morgan fingerprint density at radius 1 is 1.12 bits per heavy atom. The smallest absolute Gasteiger partial charge is 0.228 e. The van der Waals surface area contributed by atoms with E-state index >= 15 is 0 Å². The molecule has 0 aliphatic rings. The van der Waals surface area contributed by atoms with Gasteiger partial charge in [0.25, 0.3) is 0 Å². The lowest BCUT2D eigenvalue weighted by Gasteiger charge is -2.07. The molecule has 1 aromatic heterocycles. The highest BCUT2D eigenvalue weighted by Gasteiger charge is 2.15. The van der Waals surface area contributed by atoms with Gasteiger partial charge in [-0.1, -0.05) is 53.2 Å². The highest BCUT2D eigenvalue weighted by atomic mass is 35.5. The van der Waals surface area contributed by atoms with Gasteiger partial charge in [-0.15, -0.1) is 0 Å². The van der Waals surface area contributed by atoms with Crippen LogP contribution in [0, 0.1) is 6.92 Å². The highest BCUT2D eigenvalue weighted by molar-refractivity contribution is 7.88. The summed E-state index contributed by atoms with van der Waals surface area (Å²) in [4.78, 5) is 4.26. The lowest BCUT2D eigenvalue weighted by molar-refractivity contribution is 0.379. The fourth-order valence-corrected chi connectivity index (χ4v) is 3.92. The van der Waals surface area contributed by atoms with Crippen molar-refractivity contribution in [3.63, 3.8) is 0 Å². The average Bonchev–Trinajstić information content (AvgIpc) is 3.06. The van der Waals surface area contributed by atoms with E-state index in [0.29, 0.717) is 28.7 Å².